The highest BCUT2D eigenvalue weighted by Gasteiger charge is 2.38. The topological polar surface area (TPSA) is 105 Å². The number of carbonyl (C=O) groups excluding carboxylic acids is 2. The molecule has 2 amide bonds. The van der Waals surface area contributed by atoms with Gasteiger partial charge in [-0.15, -0.1) is 0 Å². The third-order valence-corrected chi connectivity index (χ3v) is 6.53. The van der Waals surface area contributed by atoms with Crippen LogP contribution in [0.5, 0.6) is 17.2 Å². The Morgan fingerprint density at radius 2 is 1.86 bits per heavy atom. The highest BCUT2D eigenvalue weighted by molar-refractivity contribution is 6.32. The van der Waals surface area contributed by atoms with Gasteiger partial charge in [0, 0.05) is 54.4 Å². The van der Waals surface area contributed by atoms with Crippen molar-refractivity contribution in [2.45, 2.75) is 20.3 Å². The summed E-state index contributed by atoms with van der Waals surface area (Å²) in [5, 5.41) is 10.6. The Morgan fingerprint density at radius 1 is 1.09 bits per heavy atom. The van der Waals surface area contributed by atoms with E-state index in [9.17, 15) is 19.5 Å². The number of anilines is 1. The van der Waals surface area contributed by atoms with E-state index in [1.54, 1.807) is 62.1 Å². The lowest BCUT2D eigenvalue weighted by Crippen LogP contribution is -2.30. The molecule has 4 aromatic rings. The minimum absolute atomic E-state index is 0.00237. The van der Waals surface area contributed by atoms with Crippen molar-refractivity contribution in [2.24, 2.45) is 13.0 Å². The largest absolute Gasteiger partial charge is 0.508 e. The average molecular weight is 492 g/mol. The number of benzene rings is 2. The van der Waals surface area contributed by atoms with Gasteiger partial charge in [0.05, 0.1) is 10.7 Å². The zero-order valence-corrected chi connectivity index (χ0v) is 20.0. The molecule has 2 aromatic carbocycles. The van der Waals surface area contributed by atoms with Gasteiger partial charge in [0.2, 0.25) is 11.8 Å². The molecule has 0 saturated carbocycles. The van der Waals surface area contributed by atoms with Gasteiger partial charge in [-0.25, -0.2) is 0 Å². The van der Waals surface area contributed by atoms with Crippen LogP contribution >= 0.6 is 11.6 Å². The Kier molecular flexibility index (Phi) is 5.40. The number of nitrogens with zero attached hydrogens (tertiary/aromatic N) is 2. The smallest absolute Gasteiger partial charge is 0.272 e. The normalized spacial score (nSPS) is 15.9. The number of nitrogens with one attached hydrogen (secondary N) is 1. The molecule has 178 valence electrons. The van der Waals surface area contributed by atoms with E-state index in [1.807, 2.05) is 0 Å². The van der Waals surface area contributed by atoms with Crippen molar-refractivity contribution in [1.82, 2.24) is 9.55 Å². The number of aromatic nitrogens is 2. The summed E-state index contributed by atoms with van der Waals surface area (Å²) in [5.41, 5.74) is 2.61. The maximum absolute atomic E-state index is 12.8. The van der Waals surface area contributed by atoms with Gasteiger partial charge in [0.15, 0.2) is 0 Å². The van der Waals surface area contributed by atoms with Crippen LogP contribution in [0.15, 0.2) is 53.6 Å². The zero-order valence-electron chi connectivity index (χ0n) is 19.3. The third-order valence-electron chi connectivity index (χ3n) is 6.24. The van der Waals surface area contributed by atoms with E-state index in [2.05, 4.69) is 4.98 Å². The number of rotatable bonds is 4. The molecular formula is C26H22ClN3O5. The predicted octanol–water partition coefficient (Wildman–Crippen LogP) is 4.89. The SMILES string of the molecule is Cc1cc(Oc2ccc(O)cc2Cl)c(-c2cn(C)c3c(=O)[nH]ccc23)cc1N1C(=O)CC(C)C1=O. The second-order valence-corrected chi connectivity index (χ2v) is 9.15. The molecule has 5 rings (SSSR count). The molecule has 8 nitrogen and oxygen atoms in total. The molecule has 1 atom stereocenters. The standard InChI is InChI=1S/C26H22ClN3O5/c1-13-8-22(35-21-5-4-15(31)10-19(21)27)17(11-20(13)30-23(32)9-14(2)26(30)34)18-12-29(3)24-16(18)6-7-28-25(24)33/h4-8,10-12,14,31H,9H2,1-3H3,(H,28,33). The molecule has 2 N–H and O–H groups in total. The van der Waals surface area contributed by atoms with Crippen LogP contribution in [-0.4, -0.2) is 26.5 Å². The number of aromatic hydroxyl groups is 1. The Morgan fingerprint density at radius 3 is 2.54 bits per heavy atom. The van der Waals surface area contributed by atoms with E-state index in [1.165, 1.54) is 17.0 Å². The van der Waals surface area contributed by atoms with Crippen molar-refractivity contribution in [3.8, 4) is 28.4 Å². The van der Waals surface area contributed by atoms with Crippen molar-refractivity contribution in [1.29, 1.82) is 0 Å². The lowest BCUT2D eigenvalue weighted by Gasteiger charge is -2.21. The number of halogens is 1. The summed E-state index contributed by atoms with van der Waals surface area (Å²) in [6.45, 7) is 3.53. The number of hydrogen-bond acceptors (Lipinski definition) is 5. The molecule has 1 fully saturated rings. The molecule has 1 aliphatic heterocycles. The molecule has 1 saturated heterocycles. The molecule has 1 unspecified atom stereocenters. The van der Waals surface area contributed by atoms with Gasteiger partial charge in [-0.3, -0.25) is 19.3 Å². The summed E-state index contributed by atoms with van der Waals surface area (Å²) in [6.07, 6.45) is 3.52. The van der Waals surface area contributed by atoms with Gasteiger partial charge in [-0.2, -0.15) is 0 Å². The molecule has 3 heterocycles. The Balaban J connectivity index is 1.76. The summed E-state index contributed by atoms with van der Waals surface area (Å²) >= 11 is 6.29. The molecule has 9 heteroatoms. The van der Waals surface area contributed by atoms with Gasteiger partial charge in [0.1, 0.15) is 22.8 Å². The zero-order chi connectivity index (χ0) is 25.0. The number of ether oxygens (including phenoxy) is 1. The molecule has 35 heavy (non-hydrogen) atoms. The van der Waals surface area contributed by atoms with Crippen molar-refractivity contribution in [3.05, 3.63) is 69.7 Å². The number of carbonyl (C=O) groups is 2. The molecule has 0 bridgehead atoms. The fourth-order valence-electron chi connectivity index (χ4n) is 4.51. The minimum atomic E-state index is -0.395. The van der Waals surface area contributed by atoms with Gasteiger partial charge in [0.25, 0.3) is 5.56 Å². The first-order valence-electron chi connectivity index (χ1n) is 11.0. The maximum atomic E-state index is 12.8. The summed E-state index contributed by atoms with van der Waals surface area (Å²) < 4.78 is 7.90. The third kappa shape index (κ3) is 3.76. The Hall–Kier alpha value is -4.04. The van der Waals surface area contributed by atoms with Crippen LogP contribution in [0.25, 0.3) is 22.0 Å². The van der Waals surface area contributed by atoms with Crippen molar-refractivity contribution >= 4 is 40.0 Å². The van der Waals surface area contributed by atoms with Crippen molar-refractivity contribution in [3.63, 3.8) is 0 Å². The van der Waals surface area contributed by atoms with Crippen LogP contribution in [-0.2, 0) is 16.6 Å². The van der Waals surface area contributed by atoms with Crippen LogP contribution < -0.4 is 15.2 Å². The fourth-order valence-corrected chi connectivity index (χ4v) is 4.73. The van der Waals surface area contributed by atoms with Crippen LogP contribution in [0.4, 0.5) is 5.69 Å². The van der Waals surface area contributed by atoms with Crippen molar-refractivity contribution in [2.75, 3.05) is 4.90 Å². The van der Waals surface area contributed by atoms with Gasteiger partial charge >= 0.3 is 0 Å². The first-order chi connectivity index (χ1) is 16.7. The number of phenols is 1. The molecule has 0 radical (unpaired) electrons. The van der Waals surface area contributed by atoms with E-state index in [0.717, 1.165) is 0 Å². The van der Waals surface area contributed by atoms with E-state index in [0.29, 0.717) is 44.8 Å². The van der Waals surface area contributed by atoms with Crippen LogP contribution in [0.1, 0.15) is 18.9 Å². The second-order valence-electron chi connectivity index (χ2n) is 8.75. The van der Waals surface area contributed by atoms with Gasteiger partial charge in [-0.05, 0) is 42.8 Å². The quantitative estimate of drug-likeness (QED) is 0.395. The Labute approximate surface area is 205 Å². The highest BCUT2D eigenvalue weighted by atomic mass is 35.5. The number of aryl methyl sites for hydroxylation is 2. The number of imide groups is 1. The minimum Gasteiger partial charge on any atom is -0.508 e. The van der Waals surface area contributed by atoms with Crippen LogP contribution in [0, 0.1) is 12.8 Å². The van der Waals surface area contributed by atoms with E-state index < -0.39 is 5.92 Å². The Bertz CT molecular complexity index is 1590. The van der Waals surface area contributed by atoms with Crippen LogP contribution in [0.3, 0.4) is 0 Å². The number of hydrogen-bond donors (Lipinski definition) is 2. The summed E-state index contributed by atoms with van der Waals surface area (Å²) in [6, 6.07) is 9.65. The molecule has 0 spiro atoms. The van der Waals surface area contributed by atoms with Crippen molar-refractivity contribution < 1.29 is 19.4 Å². The average Bonchev–Trinajstić information content (AvgIpc) is 3.26. The number of H-pyrrole nitrogens is 1. The predicted molar refractivity (Wildman–Crippen MR) is 133 cm³/mol. The summed E-state index contributed by atoms with van der Waals surface area (Å²) in [7, 11) is 1.77. The van der Waals surface area contributed by atoms with E-state index >= 15 is 0 Å². The first kappa shape index (κ1) is 22.7. The molecule has 0 aliphatic carbocycles. The lowest BCUT2D eigenvalue weighted by molar-refractivity contribution is -0.122. The number of pyridine rings is 1. The molecule has 2 aromatic heterocycles. The number of aromatic amines is 1. The lowest BCUT2D eigenvalue weighted by atomic mass is 10.0. The molecule has 1 aliphatic rings. The van der Waals surface area contributed by atoms with E-state index in [-0.39, 0.29) is 34.6 Å². The number of amides is 2. The van der Waals surface area contributed by atoms with Gasteiger partial charge in [-0.1, -0.05) is 18.5 Å². The highest BCUT2D eigenvalue weighted by Crippen LogP contribution is 2.44. The summed E-state index contributed by atoms with van der Waals surface area (Å²) in [5.74, 6) is -0.178. The number of phenolic OH excluding ortho intramolecular Hbond substituents is 1. The van der Waals surface area contributed by atoms with E-state index in [4.69, 9.17) is 16.3 Å². The second kappa shape index (κ2) is 8.32. The number of fused-ring (bicyclic) bond motifs is 1. The monoisotopic (exact) mass is 491 g/mol. The molecular weight excluding hydrogens is 470 g/mol. The van der Waals surface area contributed by atoms with Crippen LogP contribution in [0.2, 0.25) is 5.02 Å². The van der Waals surface area contributed by atoms with Gasteiger partial charge < -0.3 is 19.4 Å². The summed E-state index contributed by atoms with van der Waals surface area (Å²) in [4.78, 5) is 41.9. The fraction of sp³-hybridized carbons (Fsp3) is 0.192. The maximum Gasteiger partial charge on any atom is 0.272 e. The first-order valence-corrected chi connectivity index (χ1v) is 11.4.